The summed E-state index contributed by atoms with van der Waals surface area (Å²) in [5.74, 6) is 0.0964. The molecule has 5 rings (SSSR count). The van der Waals surface area contributed by atoms with Gasteiger partial charge < -0.3 is 24.8 Å². The van der Waals surface area contributed by atoms with Gasteiger partial charge >= 0.3 is 13.7 Å². The number of rotatable bonds is 15. The van der Waals surface area contributed by atoms with Gasteiger partial charge in [0.25, 0.3) is 0 Å². The number of nitrogens with one attached hydrogen (secondary N) is 1. The van der Waals surface area contributed by atoms with Crippen LogP contribution in [0.4, 0.5) is 5.82 Å². The standard InChI is InChI=1S/C31H41N6O7P/c1-4-5-8-14-41-31(39)24(15-20(2)3)36-45(40,44-26-13-9-11-21-10-6-7-12-23(21)26)42-17-22-16-25(38)30(43-22)37-19-35-27-28(32)33-18-34-29(27)37/h6-7,9-13,18-20,22,24-25,30,38H,4-5,8,14-17H2,1-3H3,(H,36,40)(H2,32,33,34)/t22-,24-,25-,30+,45?/m0/s1. The van der Waals surface area contributed by atoms with Crippen LogP contribution in [0.5, 0.6) is 5.75 Å². The molecule has 2 aromatic heterocycles. The molecule has 0 radical (unpaired) electrons. The molecule has 1 saturated heterocycles. The van der Waals surface area contributed by atoms with E-state index in [1.54, 1.807) is 16.7 Å². The minimum atomic E-state index is -4.22. The molecule has 0 aliphatic carbocycles. The van der Waals surface area contributed by atoms with Gasteiger partial charge in [-0.25, -0.2) is 19.5 Å². The van der Waals surface area contributed by atoms with Crippen LogP contribution < -0.4 is 15.3 Å². The fraction of sp³-hybridized carbons (Fsp3) is 0.484. The first-order valence-corrected chi connectivity index (χ1v) is 16.8. The fourth-order valence-corrected chi connectivity index (χ4v) is 6.86. The van der Waals surface area contributed by atoms with Crippen molar-refractivity contribution in [1.82, 2.24) is 24.6 Å². The van der Waals surface area contributed by atoms with E-state index < -0.39 is 38.2 Å². The van der Waals surface area contributed by atoms with E-state index in [9.17, 15) is 14.5 Å². The number of aromatic nitrogens is 4. The molecule has 0 saturated carbocycles. The van der Waals surface area contributed by atoms with Crippen molar-refractivity contribution in [2.24, 2.45) is 5.92 Å². The van der Waals surface area contributed by atoms with Gasteiger partial charge in [-0.05, 0) is 30.2 Å². The number of unbranched alkanes of at least 4 members (excludes halogenated alkanes) is 2. The lowest BCUT2D eigenvalue weighted by Gasteiger charge is -2.27. The molecule has 1 aliphatic heterocycles. The van der Waals surface area contributed by atoms with Crippen LogP contribution in [0.1, 0.15) is 59.1 Å². The van der Waals surface area contributed by atoms with E-state index in [1.807, 2.05) is 44.2 Å². The number of fused-ring (bicyclic) bond motifs is 2. The number of imidazole rings is 1. The summed E-state index contributed by atoms with van der Waals surface area (Å²) in [6.07, 6.45) is 3.53. The molecule has 3 heterocycles. The quantitative estimate of drug-likeness (QED) is 0.0887. The van der Waals surface area contributed by atoms with Crippen LogP contribution in [0, 0.1) is 5.92 Å². The summed E-state index contributed by atoms with van der Waals surface area (Å²) >= 11 is 0. The molecule has 14 heteroatoms. The second-order valence-corrected chi connectivity index (χ2v) is 13.3. The number of ether oxygens (including phenoxy) is 2. The Balaban J connectivity index is 1.36. The molecule has 13 nitrogen and oxygen atoms in total. The van der Waals surface area contributed by atoms with Gasteiger partial charge in [-0.3, -0.25) is 13.9 Å². The topological polar surface area (TPSA) is 173 Å². The molecule has 0 amide bonds. The third-order valence-corrected chi connectivity index (χ3v) is 9.08. The number of nitrogens with two attached hydrogens (primary N) is 1. The van der Waals surface area contributed by atoms with Gasteiger partial charge in [0, 0.05) is 11.8 Å². The predicted octanol–water partition coefficient (Wildman–Crippen LogP) is 5.15. The second-order valence-electron chi connectivity index (χ2n) is 11.6. The monoisotopic (exact) mass is 640 g/mol. The smallest absolute Gasteiger partial charge is 0.459 e. The number of hydrogen-bond acceptors (Lipinski definition) is 11. The van der Waals surface area contributed by atoms with Crippen molar-refractivity contribution in [2.45, 2.75) is 77.4 Å². The second kappa shape index (κ2) is 14.7. The third-order valence-electron chi connectivity index (χ3n) is 7.52. The average molecular weight is 641 g/mol. The van der Waals surface area contributed by atoms with E-state index in [0.29, 0.717) is 23.3 Å². The molecule has 45 heavy (non-hydrogen) atoms. The van der Waals surface area contributed by atoms with Crippen molar-refractivity contribution in [2.75, 3.05) is 18.9 Å². The highest BCUT2D eigenvalue weighted by Crippen LogP contribution is 2.48. The van der Waals surface area contributed by atoms with Gasteiger partial charge in [0.05, 0.1) is 25.6 Å². The Hall–Kier alpha value is -3.61. The maximum atomic E-state index is 14.5. The number of nitrogens with zero attached hydrogens (tertiary/aromatic N) is 4. The highest BCUT2D eigenvalue weighted by atomic mass is 31.2. The Morgan fingerprint density at radius 3 is 2.78 bits per heavy atom. The molecule has 242 valence electrons. The minimum Gasteiger partial charge on any atom is -0.465 e. The predicted molar refractivity (Wildman–Crippen MR) is 169 cm³/mol. The van der Waals surface area contributed by atoms with Gasteiger partial charge in [-0.1, -0.05) is 70.0 Å². The molecule has 2 aromatic carbocycles. The highest BCUT2D eigenvalue weighted by Gasteiger charge is 2.40. The third kappa shape index (κ3) is 7.98. The maximum Gasteiger partial charge on any atom is 0.459 e. The number of aliphatic hydroxyl groups excluding tert-OH is 1. The van der Waals surface area contributed by atoms with Gasteiger partial charge in [0.2, 0.25) is 0 Å². The van der Waals surface area contributed by atoms with Crippen LogP contribution in [0.15, 0.2) is 55.1 Å². The van der Waals surface area contributed by atoms with Crippen LogP contribution in [-0.2, 0) is 23.4 Å². The summed E-state index contributed by atoms with van der Waals surface area (Å²) < 4.78 is 39.9. The van der Waals surface area contributed by atoms with Crippen LogP contribution in [0.2, 0.25) is 0 Å². The summed E-state index contributed by atoms with van der Waals surface area (Å²) in [5, 5.41) is 15.4. The van der Waals surface area contributed by atoms with Crippen LogP contribution in [0.25, 0.3) is 21.9 Å². The first-order valence-electron chi connectivity index (χ1n) is 15.3. The first kappa shape index (κ1) is 32.8. The number of carbonyl (C=O) groups excluding carboxylic acids is 1. The van der Waals surface area contributed by atoms with E-state index >= 15 is 0 Å². The summed E-state index contributed by atoms with van der Waals surface area (Å²) in [5.41, 5.74) is 6.72. The van der Waals surface area contributed by atoms with E-state index in [1.165, 1.54) is 12.7 Å². The van der Waals surface area contributed by atoms with Crippen molar-refractivity contribution >= 4 is 41.5 Å². The SMILES string of the molecule is CCCCCOC(=O)[C@H](CC(C)C)NP(=O)(OC[C@@H]1C[C@H](O)[C@H](n2cnc3c(N)ncnc32)O1)Oc1cccc2ccccc12. The van der Waals surface area contributed by atoms with E-state index in [4.69, 9.17) is 24.3 Å². The summed E-state index contributed by atoms with van der Waals surface area (Å²) in [6, 6.07) is 12.0. The lowest BCUT2D eigenvalue weighted by molar-refractivity contribution is -0.146. The zero-order chi connectivity index (χ0) is 32.0. The van der Waals surface area contributed by atoms with Crippen LogP contribution in [-0.4, -0.2) is 62.1 Å². The number of esters is 1. The Bertz CT molecular complexity index is 1640. The van der Waals surface area contributed by atoms with Crippen LogP contribution in [0.3, 0.4) is 0 Å². The zero-order valence-electron chi connectivity index (χ0n) is 25.7. The molecule has 4 N–H and O–H groups in total. The number of hydrogen-bond donors (Lipinski definition) is 3. The van der Waals surface area contributed by atoms with Gasteiger partial charge in [-0.15, -0.1) is 0 Å². The Kier molecular flexibility index (Phi) is 10.7. The molecule has 5 atom stereocenters. The van der Waals surface area contributed by atoms with Crippen LogP contribution >= 0.6 is 7.75 Å². The molecule has 1 aliphatic rings. The van der Waals surface area contributed by atoms with Crippen molar-refractivity contribution in [3.8, 4) is 5.75 Å². The molecular formula is C31H41N6O7P. The summed E-state index contributed by atoms with van der Waals surface area (Å²) in [7, 11) is -4.22. The first-order chi connectivity index (χ1) is 21.7. The number of benzene rings is 2. The Morgan fingerprint density at radius 1 is 1.18 bits per heavy atom. The molecular weight excluding hydrogens is 599 g/mol. The number of anilines is 1. The fourth-order valence-electron chi connectivity index (χ4n) is 5.31. The largest absolute Gasteiger partial charge is 0.465 e. The van der Waals surface area contributed by atoms with Gasteiger partial charge in [-0.2, -0.15) is 5.09 Å². The zero-order valence-corrected chi connectivity index (χ0v) is 26.6. The Morgan fingerprint density at radius 2 is 1.98 bits per heavy atom. The number of carbonyl (C=O) groups is 1. The molecule has 0 spiro atoms. The molecule has 0 bridgehead atoms. The lowest BCUT2D eigenvalue weighted by Crippen LogP contribution is -2.39. The summed E-state index contributed by atoms with van der Waals surface area (Å²) in [6.45, 7) is 6.06. The molecule has 1 fully saturated rings. The average Bonchev–Trinajstić information content (AvgIpc) is 3.61. The van der Waals surface area contributed by atoms with Crippen molar-refractivity contribution in [1.29, 1.82) is 0 Å². The summed E-state index contributed by atoms with van der Waals surface area (Å²) in [4.78, 5) is 25.6. The van der Waals surface area contributed by atoms with E-state index in [2.05, 4.69) is 27.0 Å². The van der Waals surface area contributed by atoms with Crippen molar-refractivity contribution in [3.63, 3.8) is 0 Å². The van der Waals surface area contributed by atoms with E-state index in [-0.39, 0.29) is 31.4 Å². The lowest BCUT2D eigenvalue weighted by atomic mass is 10.1. The number of aliphatic hydroxyl groups is 1. The van der Waals surface area contributed by atoms with Crippen molar-refractivity contribution in [3.05, 3.63) is 55.1 Å². The van der Waals surface area contributed by atoms with Crippen molar-refractivity contribution < 1.29 is 33.0 Å². The van der Waals surface area contributed by atoms with Gasteiger partial charge in [0.15, 0.2) is 17.7 Å². The Labute approximate surface area is 262 Å². The number of nitrogen functional groups attached to an aromatic ring is 1. The minimum absolute atomic E-state index is 0.0774. The maximum absolute atomic E-state index is 14.5. The normalized spacial score (nSPS) is 20.4. The molecule has 1 unspecified atom stereocenters. The highest BCUT2D eigenvalue weighted by molar-refractivity contribution is 7.52. The van der Waals surface area contributed by atoms with Gasteiger partial charge in [0.1, 0.15) is 29.7 Å². The van der Waals surface area contributed by atoms with E-state index in [0.717, 1.165) is 30.0 Å². The molecule has 4 aromatic rings.